The lowest BCUT2D eigenvalue weighted by molar-refractivity contribution is -0.131. The first-order chi connectivity index (χ1) is 13.2. The molecule has 154 valence electrons. The van der Waals surface area contributed by atoms with E-state index in [1.807, 2.05) is 0 Å². The molecule has 3 rings (SSSR count). The molecule has 1 saturated carbocycles. The SMILES string of the molecule is O=C(CN1CCOCC1)N[C@H]1CC[C@H](CCNC(=O)C2CCC2)O[C@H]1CO. The van der Waals surface area contributed by atoms with E-state index in [2.05, 4.69) is 15.5 Å². The Bertz CT molecular complexity index is 494. The highest BCUT2D eigenvalue weighted by atomic mass is 16.5. The van der Waals surface area contributed by atoms with E-state index in [9.17, 15) is 14.7 Å². The van der Waals surface area contributed by atoms with E-state index in [4.69, 9.17) is 9.47 Å². The average Bonchev–Trinajstić information content (AvgIpc) is 2.62. The summed E-state index contributed by atoms with van der Waals surface area (Å²) in [4.78, 5) is 26.2. The number of hydrogen-bond acceptors (Lipinski definition) is 6. The lowest BCUT2D eigenvalue weighted by atomic mass is 9.85. The van der Waals surface area contributed by atoms with Crippen molar-refractivity contribution in [1.29, 1.82) is 0 Å². The number of nitrogens with one attached hydrogen (secondary N) is 2. The number of carbonyl (C=O) groups is 2. The van der Waals surface area contributed by atoms with Gasteiger partial charge in [-0.2, -0.15) is 0 Å². The largest absolute Gasteiger partial charge is 0.394 e. The minimum absolute atomic E-state index is 0.0104. The van der Waals surface area contributed by atoms with E-state index in [-0.39, 0.29) is 42.6 Å². The highest BCUT2D eigenvalue weighted by Crippen LogP contribution is 2.26. The van der Waals surface area contributed by atoms with E-state index in [0.29, 0.717) is 26.3 Å². The van der Waals surface area contributed by atoms with Gasteiger partial charge in [0.2, 0.25) is 11.8 Å². The van der Waals surface area contributed by atoms with Crippen LogP contribution in [-0.4, -0.2) is 86.1 Å². The maximum atomic E-state index is 12.3. The minimum Gasteiger partial charge on any atom is -0.394 e. The molecule has 8 nitrogen and oxygen atoms in total. The number of nitrogens with zero attached hydrogens (tertiary/aromatic N) is 1. The first-order valence-electron chi connectivity index (χ1n) is 10.3. The van der Waals surface area contributed by atoms with Gasteiger partial charge in [-0.05, 0) is 32.1 Å². The van der Waals surface area contributed by atoms with Crippen molar-refractivity contribution in [3.8, 4) is 0 Å². The highest BCUT2D eigenvalue weighted by molar-refractivity contribution is 5.79. The fourth-order valence-corrected chi connectivity index (χ4v) is 3.90. The van der Waals surface area contributed by atoms with Crippen molar-refractivity contribution in [2.75, 3.05) is 46.0 Å². The van der Waals surface area contributed by atoms with E-state index >= 15 is 0 Å². The van der Waals surface area contributed by atoms with Crippen LogP contribution in [0, 0.1) is 5.92 Å². The van der Waals surface area contributed by atoms with Gasteiger partial charge in [-0.3, -0.25) is 14.5 Å². The first kappa shape index (κ1) is 20.5. The smallest absolute Gasteiger partial charge is 0.234 e. The van der Waals surface area contributed by atoms with Crippen LogP contribution in [-0.2, 0) is 19.1 Å². The van der Waals surface area contributed by atoms with Crippen LogP contribution in [0.15, 0.2) is 0 Å². The Morgan fingerprint density at radius 3 is 2.56 bits per heavy atom. The molecule has 3 atom stereocenters. The van der Waals surface area contributed by atoms with Gasteiger partial charge in [0.1, 0.15) is 6.10 Å². The van der Waals surface area contributed by atoms with Crippen LogP contribution in [0.3, 0.4) is 0 Å². The summed E-state index contributed by atoms with van der Waals surface area (Å²) >= 11 is 0. The number of morpholine rings is 1. The van der Waals surface area contributed by atoms with Crippen molar-refractivity contribution in [2.24, 2.45) is 5.92 Å². The number of ether oxygens (including phenoxy) is 2. The van der Waals surface area contributed by atoms with Gasteiger partial charge in [0, 0.05) is 25.6 Å². The molecule has 0 radical (unpaired) electrons. The van der Waals surface area contributed by atoms with E-state index in [0.717, 1.165) is 51.6 Å². The lowest BCUT2D eigenvalue weighted by Gasteiger charge is -2.37. The Hall–Kier alpha value is -1.22. The Morgan fingerprint density at radius 2 is 1.89 bits per heavy atom. The Labute approximate surface area is 160 Å². The zero-order valence-corrected chi connectivity index (χ0v) is 16.0. The molecule has 1 aliphatic carbocycles. The molecular formula is C19H33N3O5. The van der Waals surface area contributed by atoms with Crippen molar-refractivity contribution >= 4 is 11.8 Å². The van der Waals surface area contributed by atoms with Crippen LogP contribution in [0.1, 0.15) is 38.5 Å². The number of carbonyl (C=O) groups excluding carboxylic acids is 2. The monoisotopic (exact) mass is 383 g/mol. The van der Waals surface area contributed by atoms with Gasteiger partial charge in [-0.1, -0.05) is 6.42 Å². The molecule has 2 saturated heterocycles. The normalized spacial score (nSPS) is 29.7. The van der Waals surface area contributed by atoms with E-state index in [1.54, 1.807) is 0 Å². The molecule has 0 aromatic rings. The second-order valence-corrected chi connectivity index (χ2v) is 7.83. The minimum atomic E-state index is -0.389. The predicted octanol–water partition coefficient (Wildman–Crippen LogP) is -0.350. The second-order valence-electron chi connectivity index (χ2n) is 7.83. The zero-order chi connectivity index (χ0) is 19.1. The lowest BCUT2D eigenvalue weighted by Crippen LogP contribution is -2.53. The second kappa shape index (κ2) is 10.4. The van der Waals surface area contributed by atoms with Crippen molar-refractivity contribution < 1.29 is 24.2 Å². The molecule has 2 aliphatic heterocycles. The number of aliphatic hydroxyl groups is 1. The predicted molar refractivity (Wildman–Crippen MR) is 99.1 cm³/mol. The van der Waals surface area contributed by atoms with Crippen molar-refractivity contribution in [2.45, 2.75) is 56.8 Å². The summed E-state index contributed by atoms with van der Waals surface area (Å²) in [6.07, 6.45) is 5.12. The fourth-order valence-electron chi connectivity index (χ4n) is 3.90. The molecule has 3 aliphatic rings. The fraction of sp³-hybridized carbons (Fsp3) is 0.895. The molecular weight excluding hydrogens is 350 g/mol. The Morgan fingerprint density at radius 1 is 1.11 bits per heavy atom. The van der Waals surface area contributed by atoms with Crippen LogP contribution in [0.5, 0.6) is 0 Å². The molecule has 3 N–H and O–H groups in total. The van der Waals surface area contributed by atoms with Gasteiger partial charge in [0.15, 0.2) is 0 Å². The molecule has 3 fully saturated rings. The van der Waals surface area contributed by atoms with Crippen molar-refractivity contribution in [3.63, 3.8) is 0 Å². The van der Waals surface area contributed by atoms with Crippen molar-refractivity contribution in [1.82, 2.24) is 15.5 Å². The van der Waals surface area contributed by atoms with Crippen LogP contribution < -0.4 is 10.6 Å². The summed E-state index contributed by atoms with van der Waals surface area (Å²) in [5, 5.41) is 15.7. The standard InChI is InChI=1S/C19H33N3O5/c23-13-17-16(21-18(24)12-22-8-10-26-11-9-22)5-4-15(27-17)6-7-20-19(25)14-2-1-3-14/h14-17,23H,1-13H2,(H,20,25)(H,21,24)/t15-,16+,17+/m1/s1. The van der Waals surface area contributed by atoms with Gasteiger partial charge in [-0.15, -0.1) is 0 Å². The topological polar surface area (TPSA) is 100 Å². The highest BCUT2D eigenvalue weighted by Gasteiger charge is 2.32. The molecule has 27 heavy (non-hydrogen) atoms. The third-order valence-corrected chi connectivity index (χ3v) is 5.85. The molecule has 8 heteroatoms. The summed E-state index contributed by atoms with van der Waals surface area (Å²) in [6, 6.07) is -0.163. The maximum absolute atomic E-state index is 12.3. The molecule has 0 unspecified atom stereocenters. The van der Waals surface area contributed by atoms with Gasteiger partial charge < -0.3 is 25.2 Å². The van der Waals surface area contributed by atoms with Crippen LogP contribution in [0.2, 0.25) is 0 Å². The molecule has 2 amide bonds. The van der Waals surface area contributed by atoms with E-state index < -0.39 is 0 Å². The number of aliphatic hydroxyl groups excluding tert-OH is 1. The molecule has 0 aromatic carbocycles. The third kappa shape index (κ3) is 6.14. The molecule has 0 bridgehead atoms. The zero-order valence-electron chi connectivity index (χ0n) is 16.0. The molecule has 2 heterocycles. The maximum Gasteiger partial charge on any atom is 0.234 e. The van der Waals surface area contributed by atoms with Crippen molar-refractivity contribution in [3.05, 3.63) is 0 Å². The van der Waals surface area contributed by atoms with Crippen LogP contribution in [0.25, 0.3) is 0 Å². The quantitative estimate of drug-likeness (QED) is 0.530. The summed E-state index contributed by atoms with van der Waals surface area (Å²) in [5.74, 6) is 0.327. The molecule has 0 aromatic heterocycles. The molecule has 0 spiro atoms. The van der Waals surface area contributed by atoms with Crippen LogP contribution in [0.4, 0.5) is 0 Å². The van der Waals surface area contributed by atoms with Gasteiger partial charge >= 0.3 is 0 Å². The summed E-state index contributed by atoms with van der Waals surface area (Å²) in [6.45, 7) is 3.71. The third-order valence-electron chi connectivity index (χ3n) is 5.85. The van der Waals surface area contributed by atoms with Gasteiger partial charge in [0.05, 0.1) is 38.5 Å². The number of hydrogen-bond donors (Lipinski definition) is 3. The number of amides is 2. The average molecular weight is 383 g/mol. The Balaban J connectivity index is 1.35. The summed E-state index contributed by atoms with van der Waals surface area (Å²) < 4.78 is 11.3. The van der Waals surface area contributed by atoms with Crippen LogP contribution >= 0.6 is 0 Å². The Kier molecular flexibility index (Phi) is 7.87. The van der Waals surface area contributed by atoms with Gasteiger partial charge in [-0.25, -0.2) is 0 Å². The van der Waals surface area contributed by atoms with E-state index in [1.165, 1.54) is 0 Å². The number of rotatable bonds is 8. The first-order valence-corrected chi connectivity index (χ1v) is 10.3. The summed E-state index contributed by atoms with van der Waals surface area (Å²) in [5.41, 5.74) is 0. The summed E-state index contributed by atoms with van der Waals surface area (Å²) in [7, 11) is 0. The van der Waals surface area contributed by atoms with Gasteiger partial charge in [0.25, 0.3) is 0 Å².